The van der Waals surface area contributed by atoms with Crippen molar-refractivity contribution >= 4 is 23.4 Å². The Kier molecular flexibility index (Phi) is 5.10. The Morgan fingerprint density at radius 3 is 2.89 bits per heavy atom. The Labute approximate surface area is 118 Å². The first-order valence-corrected chi connectivity index (χ1v) is 7.50. The van der Waals surface area contributed by atoms with Gasteiger partial charge < -0.3 is 15.8 Å². The molecular weight excluding hydrogens is 260 g/mol. The number of nitrogens with one attached hydrogen (secondary N) is 1. The predicted molar refractivity (Wildman–Crippen MR) is 78.6 cm³/mol. The highest BCUT2D eigenvalue weighted by Gasteiger charge is 2.17. The standard InChI is InChI=1S/C14H20N2O2S/c1-2-16-14(17)10-3-4-12(15)13(9-10)19-11-5-7-18-8-6-11/h3-4,9,11H,2,5-8,15H2,1H3,(H,16,17). The molecule has 0 unspecified atom stereocenters. The van der Waals surface area contributed by atoms with Gasteiger partial charge in [0.25, 0.3) is 5.91 Å². The Morgan fingerprint density at radius 1 is 1.47 bits per heavy atom. The van der Waals surface area contributed by atoms with Crippen molar-refractivity contribution in [3.63, 3.8) is 0 Å². The van der Waals surface area contributed by atoms with Crippen LogP contribution in [0.15, 0.2) is 23.1 Å². The van der Waals surface area contributed by atoms with E-state index in [4.69, 9.17) is 10.5 Å². The van der Waals surface area contributed by atoms with Crippen molar-refractivity contribution in [1.82, 2.24) is 5.32 Å². The van der Waals surface area contributed by atoms with Gasteiger partial charge in [-0.15, -0.1) is 11.8 Å². The molecule has 0 saturated carbocycles. The average Bonchev–Trinajstić information content (AvgIpc) is 2.42. The van der Waals surface area contributed by atoms with E-state index in [1.165, 1.54) is 0 Å². The molecule has 19 heavy (non-hydrogen) atoms. The van der Waals surface area contributed by atoms with E-state index >= 15 is 0 Å². The van der Waals surface area contributed by atoms with Crippen LogP contribution in [-0.4, -0.2) is 30.9 Å². The van der Waals surface area contributed by atoms with Crippen molar-refractivity contribution in [1.29, 1.82) is 0 Å². The third-order valence-corrected chi connectivity index (χ3v) is 4.49. The van der Waals surface area contributed by atoms with Crippen LogP contribution in [0.25, 0.3) is 0 Å². The molecule has 3 N–H and O–H groups in total. The molecule has 2 rings (SSSR count). The topological polar surface area (TPSA) is 64.4 Å². The van der Waals surface area contributed by atoms with Crippen LogP contribution in [-0.2, 0) is 4.74 Å². The zero-order chi connectivity index (χ0) is 13.7. The van der Waals surface area contributed by atoms with Crippen molar-refractivity contribution in [2.24, 2.45) is 0 Å². The lowest BCUT2D eigenvalue weighted by atomic mass is 10.2. The summed E-state index contributed by atoms with van der Waals surface area (Å²) in [6, 6.07) is 5.47. The lowest BCUT2D eigenvalue weighted by molar-refractivity contribution is 0.0955. The number of rotatable bonds is 4. The van der Waals surface area contributed by atoms with Gasteiger partial charge in [-0.05, 0) is 38.0 Å². The highest BCUT2D eigenvalue weighted by molar-refractivity contribution is 8.00. The largest absolute Gasteiger partial charge is 0.398 e. The van der Waals surface area contributed by atoms with Crippen molar-refractivity contribution in [2.75, 3.05) is 25.5 Å². The van der Waals surface area contributed by atoms with Gasteiger partial charge >= 0.3 is 0 Å². The zero-order valence-electron chi connectivity index (χ0n) is 11.1. The highest BCUT2D eigenvalue weighted by Crippen LogP contribution is 2.34. The maximum atomic E-state index is 11.8. The van der Waals surface area contributed by atoms with Crippen LogP contribution in [0.2, 0.25) is 0 Å². The number of benzene rings is 1. The number of nitrogens with two attached hydrogens (primary N) is 1. The molecule has 4 nitrogen and oxygen atoms in total. The highest BCUT2D eigenvalue weighted by atomic mass is 32.2. The van der Waals surface area contributed by atoms with Crippen LogP contribution < -0.4 is 11.1 Å². The summed E-state index contributed by atoms with van der Waals surface area (Å²) in [5, 5.41) is 3.33. The molecule has 1 fully saturated rings. The zero-order valence-corrected chi connectivity index (χ0v) is 12.0. The van der Waals surface area contributed by atoms with E-state index < -0.39 is 0 Å². The van der Waals surface area contributed by atoms with Crippen molar-refractivity contribution < 1.29 is 9.53 Å². The third-order valence-electron chi connectivity index (χ3n) is 3.08. The van der Waals surface area contributed by atoms with E-state index in [9.17, 15) is 4.79 Å². The smallest absolute Gasteiger partial charge is 0.251 e. The maximum absolute atomic E-state index is 11.8. The summed E-state index contributed by atoms with van der Waals surface area (Å²) in [5.74, 6) is -0.0451. The molecule has 0 bridgehead atoms. The first-order valence-electron chi connectivity index (χ1n) is 6.63. The van der Waals surface area contributed by atoms with Gasteiger partial charge in [0.1, 0.15) is 0 Å². The molecular formula is C14H20N2O2S. The fourth-order valence-corrected chi connectivity index (χ4v) is 3.20. The lowest BCUT2D eigenvalue weighted by Gasteiger charge is -2.22. The normalized spacial score (nSPS) is 16.3. The first-order chi connectivity index (χ1) is 9.20. The predicted octanol–water partition coefficient (Wildman–Crippen LogP) is 2.29. The molecule has 1 aliphatic rings. The average molecular weight is 280 g/mol. The Morgan fingerprint density at radius 2 is 2.21 bits per heavy atom. The summed E-state index contributed by atoms with van der Waals surface area (Å²) in [6.45, 7) is 4.17. The van der Waals surface area contributed by atoms with Gasteiger partial charge in [-0.25, -0.2) is 0 Å². The summed E-state index contributed by atoms with van der Waals surface area (Å²) >= 11 is 1.76. The van der Waals surface area contributed by atoms with E-state index in [2.05, 4.69) is 5.32 Å². The summed E-state index contributed by atoms with van der Waals surface area (Å²) < 4.78 is 5.35. The van der Waals surface area contributed by atoms with Crippen molar-refractivity contribution in [3.8, 4) is 0 Å². The Bertz CT molecular complexity index is 445. The number of thioether (sulfide) groups is 1. The first kappa shape index (κ1) is 14.2. The second-order valence-corrected chi connectivity index (χ2v) is 5.88. The lowest BCUT2D eigenvalue weighted by Crippen LogP contribution is -2.22. The minimum atomic E-state index is -0.0451. The number of amides is 1. The number of hydrogen-bond donors (Lipinski definition) is 2. The van der Waals surface area contributed by atoms with Crippen LogP contribution in [0.5, 0.6) is 0 Å². The minimum absolute atomic E-state index is 0.0451. The number of anilines is 1. The molecule has 1 aromatic rings. The molecule has 5 heteroatoms. The molecule has 0 aliphatic carbocycles. The van der Waals surface area contributed by atoms with Gasteiger partial charge in [-0.1, -0.05) is 0 Å². The number of carbonyl (C=O) groups excluding carboxylic acids is 1. The van der Waals surface area contributed by atoms with Gasteiger partial charge in [0, 0.05) is 41.2 Å². The molecule has 1 aromatic carbocycles. The monoisotopic (exact) mass is 280 g/mol. The van der Waals surface area contributed by atoms with Crippen LogP contribution in [0.3, 0.4) is 0 Å². The second kappa shape index (κ2) is 6.82. The van der Waals surface area contributed by atoms with Crippen molar-refractivity contribution in [3.05, 3.63) is 23.8 Å². The van der Waals surface area contributed by atoms with E-state index in [0.29, 0.717) is 17.4 Å². The maximum Gasteiger partial charge on any atom is 0.251 e. The molecule has 0 spiro atoms. The fraction of sp³-hybridized carbons (Fsp3) is 0.500. The van der Waals surface area contributed by atoms with Gasteiger partial charge in [0.2, 0.25) is 0 Å². The molecule has 0 aromatic heterocycles. The number of carbonyl (C=O) groups is 1. The minimum Gasteiger partial charge on any atom is -0.398 e. The summed E-state index contributed by atoms with van der Waals surface area (Å²) in [7, 11) is 0. The molecule has 0 radical (unpaired) electrons. The van der Waals surface area contributed by atoms with Gasteiger partial charge in [-0.2, -0.15) is 0 Å². The number of nitrogen functional groups attached to an aromatic ring is 1. The fourth-order valence-electron chi connectivity index (χ4n) is 2.01. The molecule has 0 atom stereocenters. The quantitative estimate of drug-likeness (QED) is 0.831. The van der Waals surface area contributed by atoms with Crippen LogP contribution in [0.1, 0.15) is 30.1 Å². The third kappa shape index (κ3) is 3.88. The summed E-state index contributed by atoms with van der Waals surface area (Å²) in [6.07, 6.45) is 2.07. The van der Waals surface area contributed by atoms with Crippen LogP contribution in [0.4, 0.5) is 5.69 Å². The number of hydrogen-bond acceptors (Lipinski definition) is 4. The summed E-state index contributed by atoms with van der Waals surface area (Å²) in [4.78, 5) is 12.8. The molecule has 104 valence electrons. The molecule has 1 amide bonds. The molecule has 1 aliphatic heterocycles. The van der Waals surface area contributed by atoms with Crippen molar-refractivity contribution in [2.45, 2.75) is 29.9 Å². The summed E-state index contributed by atoms with van der Waals surface area (Å²) in [5.41, 5.74) is 7.41. The van der Waals surface area contributed by atoms with Gasteiger partial charge in [0.15, 0.2) is 0 Å². The molecule has 1 heterocycles. The van der Waals surface area contributed by atoms with E-state index in [0.717, 1.165) is 36.6 Å². The second-order valence-electron chi connectivity index (χ2n) is 4.54. The molecule has 1 saturated heterocycles. The Balaban J connectivity index is 2.10. The van der Waals surface area contributed by atoms with Crippen LogP contribution >= 0.6 is 11.8 Å². The SMILES string of the molecule is CCNC(=O)c1ccc(N)c(SC2CCOCC2)c1. The Hall–Kier alpha value is -1.20. The van der Waals surface area contributed by atoms with Gasteiger partial charge in [-0.3, -0.25) is 4.79 Å². The van der Waals surface area contributed by atoms with E-state index in [-0.39, 0.29) is 5.91 Å². The van der Waals surface area contributed by atoms with Crippen LogP contribution in [0, 0.1) is 0 Å². The number of ether oxygens (including phenoxy) is 1. The van der Waals surface area contributed by atoms with E-state index in [1.54, 1.807) is 17.8 Å². The van der Waals surface area contributed by atoms with Gasteiger partial charge in [0.05, 0.1) is 0 Å². The van der Waals surface area contributed by atoms with E-state index in [1.807, 2.05) is 19.1 Å².